The Morgan fingerprint density at radius 3 is 2.50 bits per heavy atom. The Morgan fingerprint density at radius 1 is 1.50 bits per heavy atom. The van der Waals surface area contributed by atoms with Crippen LogP contribution in [0.2, 0.25) is 0 Å². The summed E-state index contributed by atoms with van der Waals surface area (Å²) >= 11 is 0. The van der Waals surface area contributed by atoms with Crippen LogP contribution < -0.4 is 0 Å². The van der Waals surface area contributed by atoms with Gasteiger partial charge in [0.05, 0.1) is 5.92 Å². The van der Waals surface area contributed by atoms with Crippen molar-refractivity contribution in [3.8, 4) is 0 Å². The van der Waals surface area contributed by atoms with Crippen molar-refractivity contribution >= 4 is 5.97 Å². The Morgan fingerprint density at radius 2 is 2.08 bits per heavy atom. The van der Waals surface area contributed by atoms with E-state index in [9.17, 15) is 4.79 Å². The van der Waals surface area contributed by atoms with Crippen molar-refractivity contribution < 1.29 is 9.90 Å². The Labute approximate surface area is 74.3 Å². The topological polar surface area (TPSA) is 37.3 Å². The van der Waals surface area contributed by atoms with Crippen LogP contribution in [0.25, 0.3) is 0 Å². The van der Waals surface area contributed by atoms with Crippen LogP contribution in [0.4, 0.5) is 0 Å². The summed E-state index contributed by atoms with van der Waals surface area (Å²) in [4.78, 5) is 10.4. The summed E-state index contributed by atoms with van der Waals surface area (Å²) in [5.41, 5.74) is 0. The zero-order valence-corrected chi connectivity index (χ0v) is 8.08. The minimum Gasteiger partial charge on any atom is -0.481 e. The molecule has 0 saturated carbocycles. The van der Waals surface area contributed by atoms with E-state index in [1.165, 1.54) is 0 Å². The highest BCUT2D eigenvalue weighted by atomic mass is 16.4. The maximum Gasteiger partial charge on any atom is 0.306 e. The Hall–Kier alpha value is -0.790. The van der Waals surface area contributed by atoms with E-state index in [0.717, 1.165) is 6.42 Å². The van der Waals surface area contributed by atoms with E-state index < -0.39 is 5.97 Å². The first kappa shape index (κ1) is 11.2. The van der Waals surface area contributed by atoms with Crippen LogP contribution in [0, 0.1) is 11.8 Å². The van der Waals surface area contributed by atoms with Crippen LogP contribution in [0.3, 0.4) is 0 Å². The second kappa shape index (κ2) is 5.81. The predicted octanol–water partition coefficient (Wildman–Crippen LogP) is 2.70. The van der Waals surface area contributed by atoms with E-state index in [-0.39, 0.29) is 5.92 Å². The third kappa shape index (κ3) is 4.94. The number of carbonyl (C=O) groups is 1. The summed E-state index contributed by atoms with van der Waals surface area (Å²) in [6, 6.07) is 0. The first-order valence-corrected chi connectivity index (χ1v) is 4.47. The van der Waals surface area contributed by atoms with Crippen molar-refractivity contribution in [2.45, 2.75) is 33.6 Å². The van der Waals surface area contributed by atoms with Gasteiger partial charge in [0.2, 0.25) is 0 Å². The second-order valence-corrected chi connectivity index (χ2v) is 3.29. The second-order valence-electron chi connectivity index (χ2n) is 3.29. The smallest absolute Gasteiger partial charge is 0.306 e. The van der Waals surface area contributed by atoms with Gasteiger partial charge in [0.15, 0.2) is 0 Å². The fourth-order valence-electron chi connectivity index (χ4n) is 0.752. The average Bonchev–Trinajstić information content (AvgIpc) is 2.03. The molecule has 2 heteroatoms. The number of hydrogen-bond donors (Lipinski definition) is 1. The van der Waals surface area contributed by atoms with E-state index in [1.807, 2.05) is 6.08 Å². The number of carboxylic acid groups (broad SMARTS) is 1. The lowest BCUT2D eigenvalue weighted by Gasteiger charge is -2.02. The van der Waals surface area contributed by atoms with Crippen molar-refractivity contribution in [2.75, 3.05) is 0 Å². The maximum absolute atomic E-state index is 10.4. The molecule has 0 aromatic heterocycles. The predicted molar refractivity (Wildman–Crippen MR) is 50.0 cm³/mol. The molecule has 0 rings (SSSR count). The van der Waals surface area contributed by atoms with Gasteiger partial charge in [-0.1, -0.05) is 39.3 Å². The molecule has 0 aliphatic rings. The molecule has 2 atom stereocenters. The molecule has 1 N–H and O–H groups in total. The molecule has 0 heterocycles. The lowest BCUT2D eigenvalue weighted by molar-refractivity contribution is -0.140. The third-order valence-corrected chi connectivity index (χ3v) is 2.02. The molecule has 0 aromatic carbocycles. The molecule has 0 amide bonds. The molecule has 0 spiro atoms. The normalized spacial score (nSPS) is 16.2. The fraction of sp³-hybridized carbons (Fsp3) is 0.700. The Balaban J connectivity index is 3.67. The summed E-state index contributed by atoms with van der Waals surface area (Å²) in [5.74, 6) is -0.417. The first-order chi connectivity index (χ1) is 5.57. The minimum absolute atomic E-state index is 0.259. The summed E-state index contributed by atoms with van der Waals surface area (Å²) < 4.78 is 0. The minimum atomic E-state index is -0.719. The average molecular weight is 170 g/mol. The molecule has 12 heavy (non-hydrogen) atoms. The number of rotatable bonds is 5. The van der Waals surface area contributed by atoms with Crippen LogP contribution in [-0.4, -0.2) is 11.1 Å². The number of aliphatic carboxylic acids is 1. The molecule has 70 valence electrons. The summed E-state index contributed by atoms with van der Waals surface area (Å²) in [6.45, 7) is 5.97. The first-order valence-electron chi connectivity index (χ1n) is 4.47. The van der Waals surface area contributed by atoms with Crippen LogP contribution in [0.15, 0.2) is 12.2 Å². The molecule has 2 unspecified atom stereocenters. The van der Waals surface area contributed by atoms with Gasteiger partial charge >= 0.3 is 5.97 Å². The van der Waals surface area contributed by atoms with Gasteiger partial charge in [0.25, 0.3) is 0 Å². The molecule has 2 nitrogen and oxygen atoms in total. The van der Waals surface area contributed by atoms with E-state index >= 15 is 0 Å². The zero-order valence-electron chi connectivity index (χ0n) is 8.08. The van der Waals surface area contributed by atoms with Gasteiger partial charge in [-0.25, -0.2) is 0 Å². The Kier molecular flexibility index (Phi) is 5.43. The highest BCUT2D eigenvalue weighted by Crippen LogP contribution is 2.07. The van der Waals surface area contributed by atoms with Gasteiger partial charge < -0.3 is 5.11 Å². The fourth-order valence-corrected chi connectivity index (χ4v) is 0.752. The molecule has 0 aromatic rings. The van der Waals surface area contributed by atoms with Crippen molar-refractivity contribution in [1.29, 1.82) is 0 Å². The molecule has 0 aliphatic heterocycles. The monoisotopic (exact) mass is 170 g/mol. The largest absolute Gasteiger partial charge is 0.481 e. The maximum atomic E-state index is 10.4. The van der Waals surface area contributed by atoms with E-state index in [1.54, 1.807) is 6.92 Å². The van der Waals surface area contributed by atoms with Crippen molar-refractivity contribution in [3.63, 3.8) is 0 Å². The van der Waals surface area contributed by atoms with Crippen LogP contribution >= 0.6 is 0 Å². The zero-order chi connectivity index (χ0) is 9.56. The van der Waals surface area contributed by atoms with Gasteiger partial charge in [-0.15, -0.1) is 0 Å². The number of allylic oxidation sites excluding steroid dienone is 2. The Bertz CT molecular complexity index is 161. The number of hydrogen-bond acceptors (Lipinski definition) is 1. The lowest BCUT2D eigenvalue weighted by Crippen LogP contribution is -2.07. The molecular formula is C10H18O2. The number of carboxylic acids is 1. The van der Waals surface area contributed by atoms with Gasteiger partial charge in [0.1, 0.15) is 0 Å². The van der Waals surface area contributed by atoms with E-state index in [2.05, 4.69) is 19.9 Å². The van der Waals surface area contributed by atoms with Crippen molar-refractivity contribution in [2.24, 2.45) is 11.8 Å². The van der Waals surface area contributed by atoms with Gasteiger partial charge in [-0.05, 0) is 12.3 Å². The van der Waals surface area contributed by atoms with Crippen LogP contribution in [-0.2, 0) is 4.79 Å². The quantitative estimate of drug-likeness (QED) is 0.644. The van der Waals surface area contributed by atoms with Gasteiger partial charge in [0, 0.05) is 0 Å². The molecule has 0 saturated heterocycles. The summed E-state index contributed by atoms with van der Waals surface area (Å²) in [6.07, 6.45) is 5.80. The van der Waals surface area contributed by atoms with Crippen LogP contribution in [0.5, 0.6) is 0 Å². The van der Waals surface area contributed by atoms with Gasteiger partial charge in [-0.3, -0.25) is 4.79 Å². The molecule has 0 fully saturated rings. The van der Waals surface area contributed by atoms with Crippen LogP contribution in [0.1, 0.15) is 33.6 Å². The van der Waals surface area contributed by atoms with E-state index in [0.29, 0.717) is 12.3 Å². The standard InChI is InChI=1S/C10H18O2/c1-4-8(2)6-5-7-9(3)10(11)12/h5-6,8-9H,4,7H2,1-3H3,(H,11,12). The SMILES string of the molecule is CCC(C)C=CCC(C)C(=O)O. The molecular weight excluding hydrogens is 152 g/mol. The van der Waals surface area contributed by atoms with Gasteiger partial charge in [-0.2, -0.15) is 0 Å². The van der Waals surface area contributed by atoms with Crippen molar-refractivity contribution in [1.82, 2.24) is 0 Å². The van der Waals surface area contributed by atoms with E-state index in [4.69, 9.17) is 5.11 Å². The highest BCUT2D eigenvalue weighted by molar-refractivity contribution is 5.69. The summed E-state index contributed by atoms with van der Waals surface area (Å²) in [7, 11) is 0. The third-order valence-electron chi connectivity index (χ3n) is 2.02. The molecule has 0 aliphatic carbocycles. The highest BCUT2D eigenvalue weighted by Gasteiger charge is 2.07. The summed E-state index contributed by atoms with van der Waals surface area (Å²) in [5, 5.41) is 8.57. The lowest BCUT2D eigenvalue weighted by atomic mass is 10.0. The molecule has 0 radical (unpaired) electrons. The van der Waals surface area contributed by atoms with Crippen molar-refractivity contribution in [3.05, 3.63) is 12.2 Å². The molecule has 0 bridgehead atoms.